The van der Waals surface area contributed by atoms with Crippen molar-refractivity contribution in [1.82, 2.24) is 15.1 Å². The van der Waals surface area contributed by atoms with Crippen LogP contribution in [-0.4, -0.2) is 38.3 Å². The van der Waals surface area contributed by atoms with Crippen molar-refractivity contribution in [1.29, 1.82) is 0 Å². The van der Waals surface area contributed by atoms with E-state index in [1.807, 2.05) is 39.5 Å². The number of aromatic nitrogens is 2. The van der Waals surface area contributed by atoms with Crippen LogP contribution < -0.4 is 5.32 Å². The smallest absolute Gasteiger partial charge is 0.236 e. The molecule has 1 aromatic heterocycles. The zero-order chi connectivity index (χ0) is 18.6. The van der Waals surface area contributed by atoms with Crippen LogP contribution in [0.25, 0.3) is 0 Å². The normalized spacial score (nSPS) is 12.5. The first-order valence-electron chi connectivity index (χ1n) is 8.13. The summed E-state index contributed by atoms with van der Waals surface area (Å²) in [7, 11) is 0. The van der Waals surface area contributed by atoms with Gasteiger partial charge in [0.25, 0.3) is 0 Å². The molecule has 1 N–H and O–H groups in total. The largest absolute Gasteiger partial charge is 0.337 e. The van der Waals surface area contributed by atoms with Crippen LogP contribution in [0.15, 0.2) is 28.6 Å². The first-order valence-corrected chi connectivity index (χ1v) is 9.82. The fourth-order valence-corrected chi connectivity index (χ4v) is 4.49. The molecule has 2 aromatic rings. The summed E-state index contributed by atoms with van der Waals surface area (Å²) in [6, 6.07) is 6.46. The van der Waals surface area contributed by atoms with Crippen molar-refractivity contribution in [2.75, 3.05) is 5.32 Å². The summed E-state index contributed by atoms with van der Waals surface area (Å²) in [5.41, 5.74) is 0.614. The molecule has 8 heteroatoms. The highest BCUT2D eigenvalue weighted by molar-refractivity contribution is 8.02. The second-order valence-corrected chi connectivity index (χ2v) is 8.77. The number of nitrogens with one attached hydrogen (secondary N) is 1. The van der Waals surface area contributed by atoms with Gasteiger partial charge in [-0.3, -0.25) is 4.79 Å². The van der Waals surface area contributed by atoms with Gasteiger partial charge in [-0.1, -0.05) is 29.2 Å². The van der Waals surface area contributed by atoms with Gasteiger partial charge in [-0.05, 0) is 52.8 Å². The van der Waals surface area contributed by atoms with Gasteiger partial charge in [0.1, 0.15) is 5.82 Å². The third-order valence-electron chi connectivity index (χ3n) is 3.47. The summed E-state index contributed by atoms with van der Waals surface area (Å²) in [5.74, 6) is -0.226. The number of anilines is 2. The minimum atomic E-state index is -0.314. The minimum Gasteiger partial charge on any atom is -0.337 e. The van der Waals surface area contributed by atoms with Gasteiger partial charge in [-0.15, -0.1) is 10.2 Å². The zero-order valence-electron chi connectivity index (χ0n) is 15.0. The molecular formula is C17H23FN4OS2. The number of carbonyl (C=O) groups excluding carboxylic acids is 1. The van der Waals surface area contributed by atoms with Crippen LogP contribution in [-0.2, 0) is 4.79 Å². The molecule has 136 valence electrons. The van der Waals surface area contributed by atoms with E-state index in [1.54, 1.807) is 12.1 Å². The molecule has 0 unspecified atom stereocenters. The number of rotatable bonds is 7. The van der Waals surface area contributed by atoms with Gasteiger partial charge in [-0.2, -0.15) is 0 Å². The summed E-state index contributed by atoms with van der Waals surface area (Å²) >= 11 is 2.73. The number of amides is 1. The molecule has 0 spiro atoms. The molecule has 1 amide bonds. The average molecular weight is 383 g/mol. The van der Waals surface area contributed by atoms with Gasteiger partial charge >= 0.3 is 0 Å². The molecule has 0 fully saturated rings. The first kappa shape index (κ1) is 19.7. The Morgan fingerprint density at radius 3 is 2.48 bits per heavy atom. The number of halogens is 1. The van der Waals surface area contributed by atoms with Gasteiger partial charge in [0, 0.05) is 17.8 Å². The predicted molar refractivity (Wildman–Crippen MR) is 102 cm³/mol. The Labute approximate surface area is 156 Å². The molecule has 25 heavy (non-hydrogen) atoms. The van der Waals surface area contributed by atoms with E-state index in [0.717, 1.165) is 0 Å². The number of carbonyl (C=O) groups is 1. The van der Waals surface area contributed by atoms with E-state index in [4.69, 9.17) is 0 Å². The monoisotopic (exact) mass is 382 g/mol. The Balaban J connectivity index is 2.01. The minimum absolute atomic E-state index is 0.0878. The second-order valence-electron chi connectivity index (χ2n) is 6.20. The Hall–Kier alpha value is -1.67. The molecule has 1 aromatic carbocycles. The summed E-state index contributed by atoms with van der Waals surface area (Å²) in [4.78, 5) is 14.5. The third kappa shape index (κ3) is 5.40. The van der Waals surface area contributed by atoms with Crippen LogP contribution in [0.1, 0.15) is 34.6 Å². The molecule has 1 atom stereocenters. The average Bonchev–Trinajstić information content (AvgIpc) is 2.93. The molecule has 0 aliphatic carbocycles. The van der Waals surface area contributed by atoms with Crippen molar-refractivity contribution in [3.63, 3.8) is 0 Å². The number of benzene rings is 1. The van der Waals surface area contributed by atoms with E-state index in [-0.39, 0.29) is 29.1 Å². The summed E-state index contributed by atoms with van der Waals surface area (Å²) in [5, 5.41) is 11.5. The zero-order valence-corrected chi connectivity index (χ0v) is 16.6. The van der Waals surface area contributed by atoms with E-state index in [9.17, 15) is 9.18 Å². The van der Waals surface area contributed by atoms with Crippen molar-refractivity contribution in [2.24, 2.45) is 0 Å². The van der Waals surface area contributed by atoms with Crippen molar-refractivity contribution >= 4 is 39.8 Å². The molecule has 0 saturated heterocycles. The van der Waals surface area contributed by atoms with E-state index < -0.39 is 0 Å². The van der Waals surface area contributed by atoms with Gasteiger partial charge < -0.3 is 10.2 Å². The first-order chi connectivity index (χ1) is 11.8. The maximum absolute atomic E-state index is 13.2. The van der Waals surface area contributed by atoms with E-state index >= 15 is 0 Å². The summed E-state index contributed by atoms with van der Waals surface area (Å²) < 4.78 is 13.9. The van der Waals surface area contributed by atoms with Crippen LogP contribution in [0.3, 0.4) is 0 Å². The number of thioether (sulfide) groups is 1. The molecule has 0 aliphatic rings. The van der Waals surface area contributed by atoms with E-state index in [1.165, 1.54) is 35.2 Å². The van der Waals surface area contributed by atoms with Crippen molar-refractivity contribution < 1.29 is 9.18 Å². The molecule has 0 bridgehead atoms. The van der Waals surface area contributed by atoms with Gasteiger partial charge in [0.05, 0.1) is 5.25 Å². The number of hydrogen-bond acceptors (Lipinski definition) is 6. The third-order valence-corrected chi connectivity index (χ3v) is 5.49. The fourth-order valence-electron chi connectivity index (χ4n) is 2.51. The van der Waals surface area contributed by atoms with Crippen molar-refractivity contribution in [3.8, 4) is 0 Å². The Kier molecular flexibility index (Phi) is 6.78. The van der Waals surface area contributed by atoms with Crippen molar-refractivity contribution in [2.45, 2.75) is 56.3 Å². The molecule has 1 heterocycles. The molecular weight excluding hydrogens is 359 g/mol. The van der Waals surface area contributed by atoms with Crippen LogP contribution in [0, 0.1) is 5.82 Å². The summed E-state index contributed by atoms with van der Waals surface area (Å²) in [6.45, 7) is 9.94. The standard InChI is InChI=1S/C17H23FN4OS2/c1-10(2)22(11(3)4)15(23)12(5)24-17-21-20-16(25-17)19-14-8-6-7-13(18)9-14/h6-12H,1-5H3,(H,19,20)/t12-/m1/s1. The maximum atomic E-state index is 13.2. The lowest BCUT2D eigenvalue weighted by atomic mass is 10.2. The Morgan fingerprint density at radius 2 is 1.88 bits per heavy atom. The fraction of sp³-hybridized carbons (Fsp3) is 0.471. The highest BCUT2D eigenvalue weighted by atomic mass is 32.2. The van der Waals surface area contributed by atoms with Crippen molar-refractivity contribution in [3.05, 3.63) is 30.1 Å². The lowest BCUT2D eigenvalue weighted by Gasteiger charge is -2.32. The Morgan fingerprint density at radius 1 is 1.20 bits per heavy atom. The molecule has 0 saturated carbocycles. The van der Waals surface area contributed by atoms with Crippen LogP contribution >= 0.6 is 23.1 Å². The van der Waals surface area contributed by atoms with E-state index in [2.05, 4.69) is 15.5 Å². The molecule has 2 rings (SSSR count). The van der Waals surface area contributed by atoms with Gasteiger partial charge in [-0.25, -0.2) is 4.39 Å². The van der Waals surface area contributed by atoms with Crippen LogP contribution in [0.2, 0.25) is 0 Å². The quantitative estimate of drug-likeness (QED) is 0.712. The second kappa shape index (κ2) is 8.62. The van der Waals surface area contributed by atoms with E-state index in [0.29, 0.717) is 15.2 Å². The lowest BCUT2D eigenvalue weighted by Crippen LogP contribution is -2.45. The van der Waals surface area contributed by atoms with Crippen LogP contribution in [0.4, 0.5) is 15.2 Å². The maximum Gasteiger partial charge on any atom is 0.236 e. The lowest BCUT2D eigenvalue weighted by molar-refractivity contribution is -0.133. The highest BCUT2D eigenvalue weighted by Gasteiger charge is 2.26. The Bertz CT molecular complexity index is 712. The molecule has 5 nitrogen and oxygen atoms in total. The van der Waals surface area contributed by atoms with Crippen LogP contribution in [0.5, 0.6) is 0 Å². The van der Waals surface area contributed by atoms with Gasteiger partial charge in [0.15, 0.2) is 4.34 Å². The molecule has 0 radical (unpaired) electrons. The highest BCUT2D eigenvalue weighted by Crippen LogP contribution is 2.31. The SMILES string of the molecule is CC(C)N(C(=O)[C@@H](C)Sc1nnc(Nc2cccc(F)c2)s1)C(C)C. The van der Waals surface area contributed by atoms with Gasteiger partial charge in [0.2, 0.25) is 11.0 Å². The summed E-state index contributed by atoms with van der Waals surface area (Å²) in [6.07, 6.45) is 0. The number of hydrogen-bond donors (Lipinski definition) is 1. The molecule has 0 aliphatic heterocycles. The number of nitrogens with zero attached hydrogens (tertiary/aromatic N) is 3. The topological polar surface area (TPSA) is 58.1 Å². The predicted octanol–water partition coefficient (Wildman–Crippen LogP) is 4.55.